The number of carbonyl (C=O) groups is 1. The normalized spacial score (nSPS) is 18.9. The minimum atomic E-state index is 0. The monoisotopic (exact) mass is 564 g/mol. The van der Waals surface area contributed by atoms with Crippen LogP contribution in [-0.4, -0.2) is 58.5 Å². The molecule has 1 atom stereocenters. The van der Waals surface area contributed by atoms with E-state index < -0.39 is 0 Å². The number of hydrogen-bond acceptors (Lipinski definition) is 3. The van der Waals surface area contributed by atoms with Crippen LogP contribution in [0.25, 0.3) is 0 Å². The summed E-state index contributed by atoms with van der Waals surface area (Å²) in [7, 11) is 0. The molecule has 8 heteroatoms. The van der Waals surface area contributed by atoms with Crippen LogP contribution in [0.4, 0.5) is 0 Å². The standard InChI is InChI=1S/C25H36N6O.HI/c1-2-26-25(29-22-13-16-31(19-22)24(32)21-10-6-7-11-21)28-14-12-23-27-15-17-30(23)18-20-8-4-3-5-9-20;/h3-5,8-9,15,17,21-22H,2,6-7,10-14,16,18-19H2,1H3,(H2,26,28,29);1H. The molecule has 1 unspecified atom stereocenters. The van der Waals surface area contributed by atoms with Gasteiger partial charge in [0.25, 0.3) is 0 Å². The Morgan fingerprint density at radius 1 is 1.18 bits per heavy atom. The summed E-state index contributed by atoms with van der Waals surface area (Å²) in [5, 5.41) is 6.90. The Bertz CT molecular complexity index is 893. The number of aromatic nitrogens is 2. The summed E-state index contributed by atoms with van der Waals surface area (Å²) in [5.74, 6) is 2.49. The number of rotatable bonds is 8. The molecule has 2 aliphatic rings. The zero-order valence-electron chi connectivity index (χ0n) is 19.6. The van der Waals surface area contributed by atoms with Gasteiger partial charge in [-0.25, -0.2) is 4.98 Å². The summed E-state index contributed by atoms with van der Waals surface area (Å²) in [4.78, 5) is 24.1. The van der Waals surface area contributed by atoms with Crippen LogP contribution in [0.2, 0.25) is 0 Å². The molecule has 0 bridgehead atoms. The SMILES string of the molecule is CCNC(=NCCc1nccn1Cc1ccccc1)NC1CCN(C(=O)C2CCCC2)C1.I. The largest absolute Gasteiger partial charge is 0.357 e. The minimum Gasteiger partial charge on any atom is -0.357 e. The molecule has 1 aromatic heterocycles. The molecule has 1 saturated carbocycles. The number of nitrogens with one attached hydrogen (secondary N) is 2. The van der Waals surface area contributed by atoms with Gasteiger partial charge in [-0.3, -0.25) is 9.79 Å². The smallest absolute Gasteiger partial charge is 0.225 e. The van der Waals surface area contributed by atoms with Gasteiger partial charge in [-0.2, -0.15) is 0 Å². The van der Waals surface area contributed by atoms with Gasteiger partial charge >= 0.3 is 0 Å². The van der Waals surface area contributed by atoms with Crippen molar-refractivity contribution in [2.45, 2.75) is 58.0 Å². The van der Waals surface area contributed by atoms with Crippen molar-refractivity contribution in [3.63, 3.8) is 0 Å². The van der Waals surface area contributed by atoms with E-state index in [1.54, 1.807) is 0 Å². The summed E-state index contributed by atoms with van der Waals surface area (Å²) in [5.41, 5.74) is 1.27. The zero-order valence-corrected chi connectivity index (χ0v) is 21.9. The van der Waals surface area contributed by atoms with Gasteiger partial charge in [-0.05, 0) is 31.7 Å². The summed E-state index contributed by atoms with van der Waals surface area (Å²) in [6.45, 7) is 6.01. The number of carbonyl (C=O) groups excluding carboxylic acids is 1. The lowest BCUT2D eigenvalue weighted by molar-refractivity contribution is -0.134. The second-order valence-electron chi connectivity index (χ2n) is 8.86. The van der Waals surface area contributed by atoms with Gasteiger partial charge in [0.1, 0.15) is 5.82 Å². The number of halogens is 1. The number of likely N-dealkylation sites (tertiary alicyclic amines) is 1. The van der Waals surface area contributed by atoms with E-state index in [0.29, 0.717) is 12.5 Å². The lowest BCUT2D eigenvalue weighted by Crippen LogP contribution is -2.45. The molecule has 1 aliphatic heterocycles. The first-order valence-corrected chi connectivity index (χ1v) is 12.1. The molecule has 0 spiro atoms. The molecule has 1 amide bonds. The van der Waals surface area contributed by atoms with Crippen LogP contribution in [0.1, 0.15) is 50.4 Å². The second-order valence-corrected chi connectivity index (χ2v) is 8.86. The third-order valence-corrected chi connectivity index (χ3v) is 6.49. The maximum absolute atomic E-state index is 12.7. The van der Waals surface area contributed by atoms with E-state index in [9.17, 15) is 4.79 Å². The quantitative estimate of drug-likeness (QED) is 0.293. The van der Waals surface area contributed by atoms with Crippen LogP contribution in [0, 0.1) is 5.92 Å². The van der Waals surface area contributed by atoms with Gasteiger partial charge in [0.15, 0.2) is 5.96 Å². The predicted molar refractivity (Wildman–Crippen MR) is 143 cm³/mol. The fourth-order valence-electron chi connectivity index (χ4n) is 4.78. The Kier molecular flexibility index (Phi) is 10.0. The highest BCUT2D eigenvalue weighted by atomic mass is 127. The topological polar surface area (TPSA) is 74.6 Å². The zero-order chi connectivity index (χ0) is 22.2. The van der Waals surface area contributed by atoms with E-state index in [2.05, 4.69) is 56.3 Å². The van der Waals surface area contributed by atoms with Crippen molar-refractivity contribution in [2.24, 2.45) is 10.9 Å². The molecule has 1 saturated heterocycles. The van der Waals surface area contributed by atoms with Crippen LogP contribution < -0.4 is 10.6 Å². The Hall–Kier alpha value is -2.10. The first-order valence-electron chi connectivity index (χ1n) is 12.1. The van der Waals surface area contributed by atoms with E-state index in [4.69, 9.17) is 4.99 Å². The van der Waals surface area contributed by atoms with E-state index in [0.717, 1.165) is 63.6 Å². The molecule has 2 N–H and O–H groups in total. The molecular formula is C25H37IN6O. The van der Waals surface area contributed by atoms with E-state index >= 15 is 0 Å². The van der Waals surface area contributed by atoms with Gasteiger partial charge in [0, 0.05) is 63.5 Å². The van der Waals surface area contributed by atoms with Crippen molar-refractivity contribution in [1.29, 1.82) is 0 Å². The number of amides is 1. The minimum absolute atomic E-state index is 0. The number of imidazole rings is 1. The summed E-state index contributed by atoms with van der Waals surface area (Å²) < 4.78 is 2.19. The molecule has 2 heterocycles. The van der Waals surface area contributed by atoms with E-state index in [1.807, 2.05) is 18.5 Å². The van der Waals surface area contributed by atoms with Crippen LogP contribution in [0.5, 0.6) is 0 Å². The molecule has 1 aliphatic carbocycles. The first kappa shape index (κ1) is 25.5. The lowest BCUT2D eigenvalue weighted by atomic mass is 10.1. The molecule has 33 heavy (non-hydrogen) atoms. The maximum atomic E-state index is 12.7. The fraction of sp³-hybridized carbons (Fsp3) is 0.560. The summed E-state index contributed by atoms with van der Waals surface area (Å²) in [6, 6.07) is 10.7. The molecule has 2 fully saturated rings. The highest BCUT2D eigenvalue weighted by molar-refractivity contribution is 14.0. The van der Waals surface area contributed by atoms with Crippen LogP contribution in [0.3, 0.4) is 0 Å². The number of nitrogens with zero attached hydrogens (tertiary/aromatic N) is 4. The Balaban J connectivity index is 0.00000306. The average molecular weight is 565 g/mol. The molecule has 4 rings (SSSR count). The Morgan fingerprint density at radius 3 is 2.73 bits per heavy atom. The van der Waals surface area contributed by atoms with Gasteiger partial charge in [0.2, 0.25) is 5.91 Å². The highest BCUT2D eigenvalue weighted by Crippen LogP contribution is 2.27. The number of hydrogen-bond donors (Lipinski definition) is 2. The van der Waals surface area contributed by atoms with Crippen LogP contribution >= 0.6 is 24.0 Å². The van der Waals surface area contributed by atoms with E-state index in [1.165, 1.54) is 18.4 Å². The highest BCUT2D eigenvalue weighted by Gasteiger charge is 2.32. The maximum Gasteiger partial charge on any atom is 0.225 e. The van der Waals surface area contributed by atoms with Crippen molar-refractivity contribution < 1.29 is 4.79 Å². The average Bonchev–Trinajstić information content (AvgIpc) is 3.57. The number of guanidine groups is 1. The van der Waals surface area contributed by atoms with Crippen molar-refractivity contribution in [3.8, 4) is 0 Å². The molecule has 0 radical (unpaired) electrons. The third kappa shape index (κ3) is 7.19. The van der Waals surface area contributed by atoms with Gasteiger partial charge in [-0.15, -0.1) is 24.0 Å². The molecule has 180 valence electrons. The summed E-state index contributed by atoms with van der Waals surface area (Å²) >= 11 is 0. The Morgan fingerprint density at radius 2 is 1.97 bits per heavy atom. The van der Waals surface area contributed by atoms with Crippen molar-refractivity contribution in [3.05, 3.63) is 54.1 Å². The van der Waals surface area contributed by atoms with Crippen LogP contribution in [-0.2, 0) is 17.8 Å². The Labute approximate surface area is 214 Å². The lowest BCUT2D eigenvalue weighted by Gasteiger charge is -2.21. The van der Waals surface area contributed by atoms with Gasteiger partial charge in [0.05, 0.1) is 0 Å². The molecule has 2 aromatic rings. The number of benzene rings is 1. The molecule has 7 nitrogen and oxygen atoms in total. The van der Waals surface area contributed by atoms with Crippen LogP contribution in [0.15, 0.2) is 47.7 Å². The van der Waals surface area contributed by atoms with Crippen molar-refractivity contribution in [2.75, 3.05) is 26.2 Å². The van der Waals surface area contributed by atoms with Gasteiger partial charge < -0.3 is 20.1 Å². The third-order valence-electron chi connectivity index (χ3n) is 6.49. The molecule has 1 aromatic carbocycles. The number of aliphatic imine (C=N–C) groups is 1. The second kappa shape index (κ2) is 13.0. The van der Waals surface area contributed by atoms with Crippen molar-refractivity contribution >= 4 is 35.8 Å². The first-order chi connectivity index (χ1) is 15.7. The van der Waals surface area contributed by atoms with E-state index in [-0.39, 0.29) is 35.9 Å². The summed E-state index contributed by atoms with van der Waals surface area (Å²) in [6.07, 6.45) is 10.2. The fourth-order valence-corrected chi connectivity index (χ4v) is 4.78. The van der Waals surface area contributed by atoms with Crippen molar-refractivity contribution in [1.82, 2.24) is 25.1 Å². The van der Waals surface area contributed by atoms with Gasteiger partial charge in [-0.1, -0.05) is 43.2 Å². The molecular weight excluding hydrogens is 527 g/mol. The predicted octanol–water partition coefficient (Wildman–Crippen LogP) is 3.44.